The molecule has 0 spiro atoms. The third-order valence-electron chi connectivity index (χ3n) is 3.92. The number of carbonyl (C=O) groups is 1. The first-order valence-electron chi connectivity index (χ1n) is 7.29. The molecule has 1 aromatic rings. The summed E-state index contributed by atoms with van der Waals surface area (Å²) in [5.41, 5.74) is 0.973. The van der Waals surface area contributed by atoms with Crippen LogP contribution in [0.4, 0.5) is 4.79 Å². The van der Waals surface area contributed by atoms with E-state index < -0.39 is 0 Å². The van der Waals surface area contributed by atoms with Gasteiger partial charge in [-0.25, -0.2) is 4.79 Å². The van der Waals surface area contributed by atoms with Gasteiger partial charge in [0, 0.05) is 6.54 Å². The van der Waals surface area contributed by atoms with Crippen LogP contribution in [0.15, 0.2) is 30.3 Å². The quantitative estimate of drug-likeness (QED) is 0.870. The molecular formula is C16H23NO3. The molecule has 110 valence electrons. The molecule has 1 atom stereocenters. The van der Waals surface area contributed by atoms with Crippen LogP contribution in [0.2, 0.25) is 0 Å². The Morgan fingerprint density at radius 1 is 1.40 bits per heavy atom. The lowest BCUT2D eigenvalue weighted by molar-refractivity contribution is 0.0540. The Hall–Kier alpha value is -1.55. The van der Waals surface area contributed by atoms with Gasteiger partial charge in [-0.1, -0.05) is 36.8 Å². The Bertz CT molecular complexity index is 417. The van der Waals surface area contributed by atoms with Gasteiger partial charge in [-0.3, -0.25) is 0 Å². The van der Waals surface area contributed by atoms with Gasteiger partial charge in [0.05, 0.1) is 12.6 Å². The maximum absolute atomic E-state index is 12.2. The summed E-state index contributed by atoms with van der Waals surface area (Å²) in [5.74, 6) is 0.563. The Morgan fingerprint density at radius 2 is 2.10 bits per heavy atom. The van der Waals surface area contributed by atoms with E-state index >= 15 is 0 Å². The van der Waals surface area contributed by atoms with Crippen LogP contribution >= 0.6 is 0 Å². The van der Waals surface area contributed by atoms with Gasteiger partial charge in [0.25, 0.3) is 0 Å². The number of ether oxygens (including phenoxy) is 1. The molecule has 0 aromatic heterocycles. The monoisotopic (exact) mass is 277 g/mol. The summed E-state index contributed by atoms with van der Waals surface area (Å²) >= 11 is 0. The highest BCUT2D eigenvalue weighted by atomic mass is 16.6. The molecule has 0 saturated heterocycles. The Balaban J connectivity index is 1.88. The molecule has 1 unspecified atom stereocenters. The van der Waals surface area contributed by atoms with Crippen LogP contribution in [0, 0.1) is 5.92 Å². The van der Waals surface area contributed by atoms with Crippen LogP contribution in [0.1, 0.15) is 31.7 Å². The lowest BCUT2D eigenvalue weighted by Crippen LogP contribution is -2.44. The molecule has 1 amide bonds. The van der Waals surface area contributed by atoms with Crippen molar-refractivity contribution in [2.24, 2.45) is 5.92 Å². The first-order valence-corrected chi connectivity index (χ1v) is 7.29. The van der Waals surface area contributed by atoms with E-state index in [1.807, 2.05) is 37.3 Å². The molecule has 4 nitrogen and oxygen atoms in total. The second kappa shape index (κ2) is 7.29. The lowest BCUT2D eigenvalue weighted by atomic mass is 9.85. The van der Waals surface area contributed by atoms with Crippen molar-refractivity contribution in [3.8, 4) is 0 Å². The standard InChI is InChI=1S/C16H23NO3/c1-13(11-18)17(10-14-8-5-9-14)16(19)20-12-15-6-3-2-4-7-15/h2-4,6-7,13-14,18H,5,8-12H2,1H3. The minimum atomic E-state index is -0.331. The molecule has 1 saturated carbocycles. The fourth-order valence-corrected chi connectivity index (χ4v) is 2.29. The molecule has 0 aliphatic heterocycles. The molecule has 1 aliphatic rings. The van der Waals surface area contributed by atoms with Gasteiger partial charge in [0.1, 0.15) is 6.61 Å². The van der Waals surface area contributed by atoms with Crippen molar-refractivity contribution in [2.45, 2.75) is 38.8 Å². The molecule has 0 bridgehead atoms. The number of amides is 1. The van der Waals surface area contributed by atoms with E-state index in [9.17, 15) is 9.90 Å². The average molecular weight is 277 g/mol. The number of hydrogen-bond acceptors (Lipinski definition) is 3. The predicted octanol–water partition coefficient (Wildman–Crippen LogP) is 2.81. The maximum Gasteiger partial charge on any atom is 0.410 e. The van der Waals surface area contributed by atoms with Crippen LogP contribution in [-0.2, 0) is 11.3 Å². The first kappa shape index (κ1) is 14.9. The van der Waals surface area contributed by atoms with E-state index in [1.54, 1.807) is 4.90 Å². The van der Waals surface area contributed by atoms with Crippen molar-refractivity contribution < 1.29 is 14.6 Å². The van der Waals surface area contributed by atoms with E-state index in [0.29, 0.717) is 12.5 Å². The molecule has 0 heterocycles. The second-order valence-electron chi connectivity index (χ2n) is 5.52. The Labute approximate surface area is 120 Å². The third kappa shape index (κ3) is 3.97. The predicted molar refractivity (Wildman–Crippen MR) is 77.2 cm³/mol. The molecule has 1 aromatic carbocycles. The zero-order valence-corrected chi connectivity index (χ0v) is 12.0. The van der Waals surface area contributed by atoms with Crippen LogP contribution in [0.3, 0.4) is 0 Å². The minimum absolute atomic E-state index is 0.0346. The van der Waals surface area contributed by atoms with E-state index in [4.69, 9.17) is 4.74 Å². The summed E-state index contributed by atoms with van der Waals surface area (Å²) in [6.07, 6.45) is 3.24. The van der Waals surface area contributed by atoms with Gasteiger partial charge < -0.3 is 14.7 Å². The van der Waals surface area contributed by atoms with Crippen LogP contribution in [0.5, 0.6) is 0 Å². The summed E-state index contributed by atoms with van der Waals surface area (Å²) < 4.78 is 5.36. The number of rotatable bonds is 6. The van der Waals surface area contributed by atoms with Gasteiger partial charge in [-0.05, 0) is 31.2 Å². The molecule has 0 radical (unpaired) electrons. The number of hydrogen-bond donors (Lipinski definition) is 1. The molecule has 4 heteroatoms. The van der Waals surface area contributed by atoms with Gasteiger partial charge in [0.2, 0.25) is 0 Å². The smallest absolute Gasteiger partial charge is 0.410 e. The van der Waals surface area contributed by atoms with Crippen molar-refractivity contribution >= 4 is 6.09 Å². The van der Waals surface area contributed by atoms with E-state index in [0.717, 1.165) is 5.56 Å². The van der Waals surface area contributed by atoms with Crippen LogP contribution in [0.25, 0.3) is 0 Å². The number of aliphatic hydroxyl groups is 1. The number of carbonyl (C=O) groups excluding carboxylic acids is 1. The molecule has 2 rings (SSSR count). The summed E-state index contributed by atoms with van der Waals surface area (Å²) in [6.45, 7) is 2.78. The second-order valence-corrected chi connectivity index (χ2v) is 5.52. The van der Waals surface area contributed by atoms with Crippen molar-refractivity contribution in [1.29, 1.82) is 0 Å². The van der Waals surface area contributed by atoms with Gasteiger partial charge >= 0.3 is 6.09 Å². The van der Waals surface area contributed by atoms with Gasteiger partial charge in [-0.2, -0.15) is 0 Å². The van der Waals surface area contributed by atoms with Gasteiger partial charge in [-0.15, -0.1) is 0 Å². The zero-order chi connectivity index (χ0) is 14.4. The zero-order valence-electron chi connectivity index (χ0n) is 12.0. The fourth-order valence-electron chi connectivity index (χ4n) is 2.29. The van der Waals surface area contributed by atoms with E-state index in [-0.39, 0.29) is 25.3 Å². The number of benzene rings is 1. The van der Waals surface area contributed by atoms with E-state index in [2.05, 4.69) is 0 Å². The highest BCUT2D eigenvalue weighted by molar-refractivity contribution is 5.68. The van der Waals surface area contributed by atoms with Crippen molar-refractivity contribution in [2.75, 3.05) is 13.2 Å². The summed E-state index contributed by atoms with van der Waals surface area (Å²) in [5, 5.41) is 9.29. The topological polar surface area (TPSA) is 49.8 Å². The SMILES string of the molecule is CC(CO)N(CC1CCC1)C(=O)OCc1ccccc1. The van der Waals surface area contributed by atoms with Crippen molar-refractivity contribution in [3.05, 3.63) is 35.9 Å². The highest BCUT2D eigenvalue weighted by Gasteiger charge is 2.27. The molecule has 1 fully saturated rings. The molecule has 1 aliphatic carbocycles. The average Bonchev–Trinajstić information content (AvgIpc) is 2.44. The van der Waals surface area contributed by atoms with Gasteiger partial charge in [0.15, 0.2) is 0 Å². The van der Waals surface area contributed by atoms with Crippen molar-refractivity contribution in [1.82, 2.24) is 4.90 Å². The largest absolute Gasteiger partial charge is 0.445 e. The highest BCUT2D eigenvalue weighted by Crippen LogP contribution is 2.28. The van der Waals surface area contributed by atoms with Crippen LogP contribution in [-0.4, -0.2) is 35.3 Å². The third-order valence-corrected chi connectivity index (χ3v) is 3.92. The summed E-state index contributed by atoms with van der Waals surface area (Å²) in [6, 6.07) is 9.44. The molecule has 20 heavy (non-hydrogen) atoms. The number of aliphatic hydroxyl groups excluding tert-OH is 1. The first-order chi connectivity index (χ1) is 9.70. The normalized spacial score (nSPS) is 16.3. The van der Waals surface area contributed by atoms with Crippen molar-refractivity contribution in [3.63, 3.8) is 0 Å². The molecule has 1 N–H and O–H groups in total. The minimum Gasteiger partial charge on any atom is -0.445 e. The summed E-state index contributed by atoms with van der Waals surface area (Å²) in [4.78, 5) is 13.8. The Morgan fingerprint density at radius 3 is 2.65 bits per heavy atom. The lowest BCUT2D eigenvalue weighted by Gasteiger charge is -2.34. The summed E-state index contributed by atoms with van der Waals surface area (Å²) in [7, 11) is 0. The molecular weight excluding hydrogens is 254 g/mol. The van der Waals surface area contributed by atoms with Crippen LogP contribution < -0.4 is 0 Å². The Kier molecular flexibility index (Phi) is 5.41. The number of nitrogens with zero attached hydrogens (tertiary/aromatic N) is 1. The maximum atomic E-state index is 12.2. The van der Waals surface area contributed by atoms with E-state index in [1.165, 1.54) is 19.3 Å². The fraction of sp³-hybridized carbons (Fsp3) is 0.562.